The summed E-state index contributed by atoms with van der Waals surface area (Å²) in [5.74, 6) is 1.87. The lowest BCUT2D eigenvalue weighted by Gasteiger charge is -2.28. The van der Waals surface area contributed by atoms with Crippen LogP contribution in [-0.2, 0) is 0 Å². The van der Waals surface area contributed by atoms with Gasteiger partial charge >= 0.3 is 0 Å². The summed E-state index contributed by atoms with van der Waals surface area (Å²) >= 11 is 0. The Hall–Kier alpha value is -2.01. The van der Waals surface area contributed by atoms with Crippen molar-refractivity contribution in [3.05, 3.63) is 42.0 Å². The summed E-state index contributed by atoms with van der Waals surface area (Å²) in [4.78, 5) is 7.49. The molecule has 1 aliphatic heterocycles. The molecule has 0 aromatic heterocycles. The lowest BCUT2D eigenvalue weighted by Crippen LogP contribution is -2.43. The Morgan fingerprint density at radius 1 is 1.23 bits per heavy atom. The second-order valence-electron chi connectivity index (χ2n) is 7.00. The molecule has 0 amide bonds. The normalized spacial score (nSPS) is 19.7. The summed E-state index contributed by atoms with van der Waals surface area (Å²) in [6.07, 6.45) is 9.16. The van der Waals surface area contributed by atoms with Gasteiger partial charge in [-0.1, -0.05) is 30.4 Å². The van der Waals surface area contributed by atoms with Crippen LogP contribution in [0.1, 0.15) is 44.2 Å². The molecule has 1 aromatic carbocycles. The zero-order valence-electron chi connectivity index (χ0n) is 16.1. The third-order valence-corrected chi connectivity index (χ3v) is 5.19. The molecule has 0 bridgehead atoms. The van der Waals surface area contributed by atoms with E-state index in [0.717, 1.165) is 50.7 Å². The number of rotatable bonds is 7. The van der Waals surface area contributed by atoms with Gasteiger partial charge in [-0.2, -0.15) is 0 Å². The molecule has 5 heteroatoms. The minimum atomic E-state index is 0.255. The van der Waals surface area contributed by atoms with Crippen LogP contribution in [0.4, 0.5) is 0 Å². The molecule has 2 N–H and O–H groups in total. The lowest BCUT2D eigenvalue weighted by molar-refractivity contribution is 0.245. The molecule has 1 unspecified atom stereocenters. The molecule has 0 spiro atoms. The van der Waals surface area contributed by atoms with Crippen molar-refractivity contribution in [2.24, 2.45) is 4.99 Å². The highest BCUT2D eigenvalue weighted by Gasteiger charge is 2.26. The Morgan fingerprint density at radius 2 is 1.96 bits per heavy atom. The molecule has 0 saturated carbocycles. The molecule has 3 rings (SSSR count). The number of para-hydroxylation sites is 1. The zero-order valence-corrected chi connectivity index (χ0v) is 16.1. The van der Waals surface area contributed by atoms with E-state index in [4.69, 9.17) is 9.73 Å². The number of likely N-dealkylation sites (tertiary alicyclic amines) is 1. The van der Waals surface area contributed by atoms with E-state index < -0.39 is 0 Å². The molecule has 142 valence electrons. The molecule has 1 fully saturated rings. The van der Waals surface area contributed by atoms with Crippen molar-refractivity contribution in [1.82, 2.24) is 15.5 Å². The SMILES string of the molecule is CCNC(=NCC(c1ccccc1OC)N1CCCC1)NC1CC=CC1. The Balaban J connectivity index is 1.77. The van der Waals surface area contributed by atoms with Gasteiger partial charge in [0, 0.05) is 18.2 Å². The van der Waals surface area contributed by atoms with E-state index in [1.807, 2.05) is 6.07 Å². The van der Waals surface area contributed by atoms with E-state index in [1.165, 1.54) is 18.4 Å². The van der Waals surface area contributed by atoms with Crippen molar-refractivity contribution in [3.63, 3.8) is 0 Å². The highest BCUT2D eigenvalue weighted by molar-refractivity contribution is 5.80. The van der Waals surface area contributed by atoms with E-state index in [-0.39, 0.29) is 6.04 Å². The number of guanidine groups is 1. The summed E-state index contributed by atoms with van der Waals surface area (Å²) in [7, 11) is 1.75. The first-order valence-corrected chi connectivity index (χ1v) is 9.88. The van der Waals surface area contributed by atoms with Crippen molar-refractivity contribution in [2.75, 3.05) is 33.3 Å². The van der Waals surface area contributed by atoms with Gasteiger partial charge in [-0.25, -0.2) is 0 Å². The molecule has 1 aliphatic carbocycles. The van der Waals surface area contributed by atoms with E-state index in [2.05, 4.69) is 52.8 Å². The summed E-state index contributed by atoms with van der Waals surface area (Å²) in [6.45, 7) is 5.98. The summed E-state index contributed by atoms with van der Waals surface area (Å²) in [5.41, 5.74) is 1.24. The Bertz CT molecular complexity index is 614. The van der Waals surface area contributed by atoms with Gasteiger partial charge in [0.1, 0.15) is 5.75 Å². The Labute approximate surface area is 157 Å². The molecule has 26 heavy (non-hydrogen) atoms. The smallest absolute Gasteiger partial charge is 0.191 e. The second-order valence-corrected chi connectivity index (χ2v) is 7.00. The third-order valence-electron chi connectivity index (χ3n) is 5.19. The van der Waals surface area contributed by atoms with Gasteiger partial charge in [-0.15, -0.1) is 0 Å². The van der Waals surface area contributed by atoms with Gasteiger partial charge < -0.3 is 15.4 Å². The fourth-order valence-corrected chi connectivity index (χ4v) is 3.83. The van der Waals surface area contributed by atoms with E-state index in [1.54, 1.807) is 7.11 Å². The van der Waals surface area contributed by atoms with Crippen LogP contribution in [0.3, 0.4) is 0 Å². The van der Waals surface area contributed by atoms with Gasteiger partial charge in [0.15, 0.2) is 5.96 Å². The number of hydrogen-bond acceptors (Lipinski definition) is 3. The summed E-state index contributed by atoms with van der Waals surface area (Å²) < 4.78 is 5.63. The standard InChI is InChI=1S/C21H32N4O/c1-3-22-21(24-17-10-4-5-11-17)23-16-19(25-14-8-9-15-25)18-12-6-7-13-20(18)26-2/h4-7,12-13,17,19H,3,8-11,14-16H2,1-2H3,(H2,22,23,24). The Morgan fingerprint density at radius 3 is 2.65 bits per heavy atom. The van der Waals surface area contributed by atoms with Crippen molar-refractivity contribution in [1.29, 1.82) is 0 Å². The number of nitrogens with one attached hydrogen (secondary N) is 2. The average molecular weight is 357 g/mol. The van der Waals surface area contributed by atoms with Gasteiger partial charge in [-0.05, 0) is 51.8 Å². The van der Waals surface area contributed by atoms with Crippen LogP contribution in [0.15, 0.2) is 41.4 Å². The number of benzene rings is 1. The first-order chi connectivity index (χ1) is 12.8. The summed E-state index contributed by atoms with van der Waals surface area (Å²) in [5, 5.41) is 6.97. The molecular weight excluding hydrogens is 324 g/mol. The fraction of sp³-hybridized carbons (Fsp3) is 0.571. The Kier molecular flexibility index (Phi) is 6.95. The maximum atomic E-state index is 5.63. The monoisotopic (exact) mass is 356 g/mol. The van der Waals surface area contributed by atoms with Crippen LogP contribution >= 0.6 is 0 Å². The average Bonchev–Trinajstić information content (AvgIpc) is 3.36. The first-order valence-electron chi connectivity index (χ1n) is 9.88. The third kappa shape index (κ3) is 4.79. The van der Waals surface area contributed by atoms with Crippen LogP contribution in [-0.4, -0.2) is 50.2 Å². The fourth-order valence-electron chi connectivity index (χ4n) is 3.83. The van der Waals surface area contributed by atoms with E-state index in [0.29, 0.717) is 6.04 Å². The highest BCUT2D eigenvalue weighted by atomic mass is 16.5. The molecule has 0 radical (unpaired) electrons. The van der Waals surface area contributed by atoms with E-state index >= 15 is 0 Å². The lowest BCUT2D eigenvalue weighted by atomic mass is 10.0. The molecular formula is C21H32N4O. The van der Waals surface area contributed by atoms with Crippen molar-refractivity contribution >= 4 is 5.96 Å². The van der Waals surface area contributed by atoms with Crippen LogP contribution in [0.25, 0.3) is 0 Å². The number of hydrogen-bond donors (Lipinski definition) is 2. The largest absolute Gasteiger partial charge is 0.496 e. The van der Waals surface area contributed by atoms with Gasteiger partial charge in [-0.3, -0.25) is 9.89 Å². The number of ether oxygens (including phenoxy) is 1. The number of nitrogens with zero attached hydrogens (tertiary/aromatic N) is 2. The maximum Gasteiger partial charge on any atom is 0.191 e. The predicted molar refractivity (Wildman–Crippen MR) is 108 cm³/mol. The molecule has 1 atom stereocenters. The van der Waals surface area contributed by atoms with Gasteiger partial charge in [0.2, 0.25) is 0 Å². The molecule has 1 aromatic rings. The topological polar surface area (TPSA) is 48.9 Å². The maximum absolute atomic E-state index is 5.63. The van der Waals surface area contributed by atoms with Crippen LogP contribution < -0.4 is 15.4 Å². The molecule has 1 saturated heterocycles. The van der Waals surface area contributed by atoms with E-state index in [9.17, 15) is 0 Å². The number of aliphatic imine (C=N–C) groups is 1. The first kappa shape index (κ1) is 18.8. The second kappa shape index (κ2) is 9.62. The van der Waals surface area contributed by atoms with Crippen LogP contribution in [0, 0.1) is 0 Å². The van der Waals surface area contributed by atoms with Crippen molar-refractivity contribution < 1.29 is 4.74 Å². The molecule has 1 heterocycles. The highest BCUT2D eigenvalue weighted by Crippen LogP contribution is 2.31. The number of methoxy groups -OCH3 is 1. The molecule has 2 aliphatic rings. The quantitative estimate of drug-likeness (QED) is 0.448. The minimum Gasteiger partial charge on any atom is -0.496 e. The van der Waals surface area contributed by atoms with Gasteiger partial charge in [0.05, 0.1) is 19.7 Å². The van der Waals surface area contributed by atoms with Crippen molar-refractivity contribution in [3.8, 4) is 5.75 Å². The van der Waals surface area contributed by atoms with Crippen LogP contribution in [0.5, 0.6) is 5.75 Å². The van der Waals surface area contributed by atoms with Crippen LogP contribution in [0.2, 0.25) is 0 Å². The molecule has 5 nitrogen and oxygen atoms in total. The zero-order chi connectivity index (χ0) is 18.2. The minimum absolute atomic E-state index is 0.255. The summed E-state index contributed by atoms with van der Waals surface area (Å²) in [6, 6.07) is 9.08. The predicted octanol–water partition coefficient (Wildman–Crippen LogP) is 3.11. The van der Waals surface area contributed by atoms with Gasteiger partial charge in [0.25, 0.3) is 0 Å². The van der Waals surface area contributed by atoms with Crippen molar-refractivity contribution in [2.45, 2.75) is 44.7 Å².